The average Bonchev–Trinajstić information content (AvgIpc) is 2.54. The normalized spacial score (nSPS) is 10.8. The van der Waals surface area contributed by atoms with E-state index in [1.165, 1.54) is 7.11 Å². The molecule has 9 nitrogen and oxygen atoms in total. The molecule has 0 aliphatic heterocycles. The zero-order valence-corrected chi connectivity index (χ0v) is 14.9. The highest BCUT2D eigenvalue weighted by Crippen LogP contribution is 2.16. The van der Waals surface area contributed by atoms with Crippen LogP contribution in [0.4, 0.5) is 16.4 Å². The van der Waals surface area contributed by atoms with Crippen molar-refractivity contribution in [1.29, 1.82) is 0 Å². The Morgan fingerprint density at radius 2 is 1.92 bits per heavy atom. The summed E-state index contributed by atoms with van der Waals surface area (Å²) in [5.41, 5.74) is 1.00. The van der Waals surface area contributed by atoms with Crippen LogP contribution in [0.5, 0.6) is 5.88 Å². The van der Waals surface area contributed by atoms with Crippen LogP contribution >= 0.6 is 0 Å². The zero-order chi connectivity index (χ0) is 18.4. The molecule has 0 atom stereocenters. The standard InChI is InChI=1S/C15H19N5O4S/c1-4-20(12-8-6-5-7-9-12)25(22,23)19-15(21)18-14-16-11(2)10-13(17-14)24-3/h5-10H,4H2,1-3H3,(H2,16,17,18,19,21). The number of nitrogens with one attached hydrogen (secondary N) is 2. The van der Waals surface area contributed by atoms with Crippen molar-refractivity contribution >= 4 is 27.9 Å². The molecule has 1 aromatic heterocycles. The van der Waals surface area contributed by atoms with Crippen LogP contribution in [0.15, 0.2) is 36.4 Å². The van der Waals surface area contributed by atoms with Crippen molar-refractivity contribution in [2.75, 3.05) is 23.3 Å². The molecule has 0 saturated carbocycles. The van der Waals surface area contributed by atoms with Gasteiger partial charge in [0.1, 0.15) is 0 Å². The maximum absolute atomic E-state index is 12.4. The molecular formula is C15H19N5O4S. The van der Waals surface area contributed by atoms with Crippen molar-refractivity contribution in [1.82, 2.24) is 14.7 Å². The minimum absolute atomic E-state index is 0.0627. The molecule has 134 valence electrons. The number of carbonyl (C=O) groups excluding carboxylic acids is 1. The predicted molar refractivity (Wildman–Crippen MR) is 93.9 cm³/mol. The van der Waals surface area contributed by atoms with Gasteiger partial charge in [0.05, 0.1) is 12.8 Å². The highest BCUT2D eigenvalue weighted by molar-refractivity contribution is 7.91. The van der Waals surface area contributed by atoms with Crippen LogP contribution < -0.4 is 19.1 Å². The molecule has 10 heteroatoms. The van der Waals surface area contributed by atoms with E-state index in [1.807, 2.05) is 4.72 Å². The van der Waals surface area contributed by atoms with Crippen LogP contribution in [0.3, 0.4) is 0 Å². The number of carbonyl (C=O) groups is 1. The Labute approximate surface area is 146 Å². The first-order chi connectivity index (χ1) is 11.9. The zero-order valence-electron chi connectivity index (χ0n) is 14.1. The number of rotatable bonds is 6. The van der Waals surface area contributed by atoms with E-state index in [9.17, 15) is 13.2 Å². The van der Waals surface area contributed by atoms with Crippen LogP contribution in [-0.2, 0) is 10.2 Å². The fourth-order valence-corrected chi connectivity index (χ4v) is 3.22. The Hall–Kier alpha value is -2.88. The van der Waals surface area contributed by atoms with E-state index < -0.39 is 16.2 Å². The van der Waals surface area contributed by atoms with Crippen molar-refractivity contribution in [2.45, 2.75) is 13.8 Å². The predicted octanol–water partition coefficient (Wildman–Crippen LogP) is 1.69. The van der Waals surface area contributed by atoms with Gasteiger partial charge >= 0.3 is 16.2 Å². The summed E-state index contributed by atoms with van der Waals surface area (Å²) in [6, 6.07) is 9.06. The van der Waals surface area contributed by atoms with Gasteiger partial charge in [0.15, 0.2) is 0 Å². The molecule has 1 heterocycles. The van der Waals surface area contributed by atoms with E-state index in [0.29, 0.717) is 11.4 Å². The summed E-state index contributed by atoms with van der Waals surface area (Å²) >= 11 is 0. The number of para-hydroxylation sites is 1. The van der Waals surface area contributed by atoms with E-state index in [2.05, 4.69) is 15.3 Å². The lowest BCUT2D eigenvalue weighted by Gasteiger charge is -2.22. The maximum Gasteiger partial charge on any atom is 0.336 e. The summed E-state index contributed by atoms with van der Waals surface area (Å²) in [7, 11) is -2.66. The number of benzene rings is 1. The fraction of sp³-hybridized carbons (Fsp3) is 0.267. The van der Waals surface area contributed by atoms with Gasteiger partial charge in [-0.3, -0.25) is 9.62 Å². The molecule has 0 unspecified atom stereocenters. The number of aryl methyl sites for hydroxylation is 1. The number of aromatic nitrogens is 2. The fourth-order valence-electron chi connectivity index (χ4n) is 2.09. The van der Waals surface area contributed by atoms with Crippen molar-refractivity contribution < 1.29 is 17.9 Å². The number of hydrogen-bond acceptors (Lipinski definition) is 6. The number of amides is 2. The molecule has 0 aliphatic carbocycles. The summed E-state index contributed by atoms with van der Waals surface area (Å²) < 4.78 is 32.9. The molecule has 0 aliphatic rings. The van der Waals surface area contributed by atoms with Gasteiger partial charge < -0.3 is 4.74 Å². The SMILES string of the molecule is CCN(c1ccccc1)S(=O)(=O)NC(=O)Nc1nc(C)cc(OC)n1. The van der Waals surface area contributed by atoms with Crippen molar-refractivity contribution in [3.63, 3.8) is 0 Å². The van der Waals surface area contributed by atoms with Crippen LogP contribution in [0.25, 0.3) is 0 Å². The van der Waals surface area contributed by atoms with Gasteiger partial charge in [-0.1, -0.05) is 18.2 Å². The number of hydrogen-bond donors (Lipinski definition) is 2. The molecular weight excluding hydrogens is 346 g/mol. The number of nitrogens with zero attached hydrogens (tertiary/aromatic N) is 3. The largest absolute Gasteiger partial charge is 0.481 e. The molecule has 2 amide bonds. The Balaban J connectivity index is 2.14. The molecule has 25 heavy (non-hydrogen) atoms. The second-order valence-corrected chi connectivity index (χ2v) is 6.53. The Bertz CT molecular complexity index is 842. The van der Waals surface area contributed by atoms with Crippen LogP contribution in [-0.4, -0.2) is 38.1 Å². The number of methoxy groups -OCH3 is 1. The third-order valence-corrected chi connectivity index (χ3v) is 4.60. The molecule has 1 aromatic carbocycles. The third-order valence-electron chi connectivity index (χ3n) is 3.11. The summed E-state index contributed by atoms with van der Waals surface area (Å²) in [6.07, 6.45) is 0. The minimum atomic E-state index is -4.09. The number of ether oxygens (including phenoxy) is 1. The molecule has 0 spiro atoms. The number of urea groups is 1. The lowest BCUT2D eigenvalue weighted by atomic mass is 10.3. The molecule has 2 rings (SSSR count). The second kappa shape index (κ2) is 7.79. The smallest absolute Gasteiger partial charge is 0.336 e. The van der Waals surface area contributed by atoms with Gasteiger partial charge in [0.2, 0.25) is 11.8 Å². The summed E-state index contributed by atoms with van der Waals surface area (Å²) in [5.74, 6) is 0.192. The molecule has 2 N–H and O–H groups in total. The van der Waals surface area contributed by atoms with Gasteiger partial charge in [-0.25, -0.2) is 14.5 Å². The first-order valence-electron chi connectivity index (χ1n) is 7.42. The Kier molecular flexibility index (Phi) is 5.75. The second-order valence-electron chi connectivity index (χ2n) is 4.94. The first kappa shape index (κ1) is 18.5. The Morgan fingerprint density at radius 3 is 2.52 bits per heavy atom. The van der Waals surface area contributed by atoms with E-state index in [4.69, 9.17) is 4.74 Å². The highest BCUT2D eigenvalue weighted by atomic mass is 32.2. The van der Waals surface area contributed by atoms with Gasteiger partial charge in [-0.2, -0.15) is 13.4 Å². The lowest BCUT2D eigenvalue weighted by molar-refractivity contribution is 0.256. The average molecular weight is 365 g/mol. The molecule has 0 radical (unpaired) electrons. The van der Waals surface area contributed by atoms with Crippen molar-refractivity contribution in [2.24, 2.45) is 0 Å². The summed E-state index contributed by atoms with van der Waals surface area (Å²) in [4.78, 5) is 20.0. The van der Waals surface area contributed by atoms with Gasteiger partial charge in [0, 0.05) is 18.3 Å². The quantitative estimate of drug-likeness (QED) is 0.805. The van der Waals surface area contributed by atoms with Gasteiger partial charge in [0.25, 0.3) is 0 Å². The number of anilines is 2. The molecule has 0 saturated heterocycles. The van der Waals surface area contributed by atoms with Crippen LogP contribution in [0.2, 0.25) is 0 Å². The van der Waals surface area contributed by atoms with Gasteiger partial charge in [-0.05, 0) is 26.0 Å². The maximum atomic E-state index is 12.4. The van der Waals surface area contributed by atoms with Crippen LogP contribution in [0, 0.1) is 6.92 Å². The highest BCUT2D eigenvalue weighted by Gasteiger charge is 2.23. The first-order valence-corrected chi connectivity index (χ1v) is 8.86. The Morgan fingerprint density at radius 1 is 1.24 bits per heavy atom. The summed E-state index contributed by atoms with van der Waals surface area (Å²) in [5, 5.41) is 2.29. The van der Waals surface area contributed by atoms with Gasteiger partial charge in [-0.15, -0.1) is 0 Å². The van der Waals surface area contributed by atoms with Crippen molar-refractivity contribution in [3.05, 3.63) is 42.1 Å². The van der Waals surface area contributed by atoms with E-state index in [1.54, 1.807) is 50.2 Å². The monoisotopic (exact) mass is 365 g/mol. The van der Waals surface area contributed by atoms with E-state index >= 15 is 0 Å². The lowest BCUT2D eigenvalue weighted by Crippen LogP contribution is -2.45. The molecule has 0 bridgehead atoms. The summed E-state index contributed by atoms with van der Waals surface area (Å²) in [6.45, 7) is 3.51. The minimum Gasteiger partial charge on any atom is -0.481 e. The van der Waals surface area contributed by atoms with Crippen molar-refractivity contribution in [3.8, 4) is 5.88 Å². The van der Waals surface area contributed by atoms with E-state index in [-0.39, 0.29) is 18.4 Å². The van der Waals surface area contributed by atoms with Crippen LogP contribution in [0.1, 0.15) is 12.6 Å². The topological polar surface area (TPSA) is 114 Å². The molecule has 0 fully saturated rings. The molecule has 2 aromatic rings. The third kappa shape index (κ3) is 4.80. The van der Waals surface area contributed by atoms with E-state index in [0.717, 1.165) is 4.31 Å².